The van der Waals surface area contributed by atoms with Gasteiger partial charge in [0.25, 0.3) is 0 Å². The first-order chi connectivity index (χ1) is 33.6. The molecule has 0 aliphatic carbocycles. The van der Waals surface area contributed by atoms with Crippen LogP contribution in [0.3, 0.4) is 0 Å². The average Bonchev–Trinajstić information content (AvgIpc) is 3.29. The lowest BCUT2D eigenvalue weighted by Crippen LogP contribution is -2.28. The lowest BCUT2D eigenvalue weighted by atomic mass is 10.2. The maximum absolute atomic E-state index is 11.0. The second-order valence-electron chi connectivity index (χ2n) is 13.2. The summed E-state index contributed by atoms with van der Waals surface area (Å²) in [7, 11) is 0. The van der Waals surface area contributed by atoms with Crippen LogP contribution in [-0.2, 0) is 0 Å². The van der Waals surface area contributed by atoms with E-state index in [4.69, 9.17) is 0 Å². The van der Waals surface area contributed by atoms with E-state index >= 15 is 0 Å². The molecule has 0 bridgehead atoms. The van der Waals surface area contributed by atoms with Gasteiger partial charge >= 0.3 is 90.0 Å². The van der Waals surface area contributed by atoms with Crippen molar-refractivity contribution < 1.29 is 39.4 Å². The van der Waals surface area contributed by atoms with Gasteiger partial charge in [0, 0.05) is 48.5 Å². The molecule has 0 aliphatic heterocycles. The highest BCUT2D eigenvalue weighted by Crippen LogP contribution is 2.32. The molecule has 0 aliphatic rings. The number of rotatable bonds is 8. The summed E-state index contributed by atoms with van der Waals surface area (Å²) < 4.78 is 0. The Kier molecular flexibility index (Phi) is 13.9. The number of hydrogen-bond donors (Lipinski definition) is 8. The number of hydrogen-bond acceptors (Lipinski definition) is 24. The van der Waals surface area contributed by atoms with Crippen LogP contribution in [0.2, 0.25) is 0 Å². The number of fused-ring (bicyclic) bond motifs is 4. The Hall–Kier alpha value is -12.2. The van der Waals surface area contributed by atoms with Gasteiger partial charge in [-0.2, -0.15) is 0 Å². The number of aromatic nitrogens is 8. The van der Waals surface area contributed by atoms with Crippen LogP contribution in [-0.4, -0.2) is 79.3 Å². The molecule has 8 N–H and O–H groups in total. The maximum atomic E-state index is 11.0. The van der Waals surface area contributed by atoms with Crippen LogP contribution in [0.1, 0.15) is 0 Å². The van der Waals surface area contributed by atoms with Crippen molar-refractivity contribution in [2.45, 2.75) is 0 Å². The minimum absolute atomic E-state index is 0.0584. The fourth-order valence-electron chi connectivity index (χ4n) is 5.74. The van der Waals surface area contributed by atoms with Crippen molar-refractivity contribution in [2.75, 3.05) is 0 Å². The van der Waals surface area contributed by atoms with Crippen molar-refractivity contribution in [1.82, 2.24) is 39.9 Å². The van der Waals surface area contributed by atoms with Gasteiger partial charge in [-0.3, -0.25) is 119 Å². The van der Waals surface area contributed by atoms with Gasteiger partial charge in [-0.25, -0.2) is 0 Å². The summed E-state index contributed by atoms with van der Waals surface area (Å²) in [4.78, 5) is 183. The summed E-state index contributed by atoms with van der Waals surface area (Å²) in [6.45, 7) is 0. The van der Waals surface area contributed by atoms with Crippen LogP contribution < -0.4 is 44.5 Å². The van der Waals surface area contributed by atoms with Gasteiger partial charge in [0.1, 0.15) is 0 Å². The standard InChI is InChI=1S/4C8H4N4O6/c4*13-7-8(14)10-4-2-6(12(17)18)5(11(15)16)1-3(4)9-7/h4*1-2H,(H,9,13)(H,10,14). The van der Waals surface area contributed by atoms with E-state index < -0.39 is 129 Å². The van der Waals surface area contributed by atoms with Gasteiger partial charge < -0.3 is 39.9 Å². The molecular weight excluding hydrogens is 992 g/mol. The number of nitro benzene ring substituents is 8. The largest absolute Gasteiger partial charge is 0.348 e. The molecule has 0 fully saturated rings. The topological polar surface area (TPSA) is 608 Å². The highest BCUT2D eigenvalue weighted by molar-refractivity contribution is 5.84. The fraction of sp³-hybridized carbons (Fsp3) is 0. The van der Waals surface area contributed by atoms with Gasteiger partial charge in [-0.1, -0.05) is 0 Å². The summed E-state index contributed by atoms with van der Waals surface area (Å²) >= 11 is 0. The Morgan fingerprint density at radius 3 is 0.361 bits per heavy atom. The number of nitrogens with one attached hydrogen (secondary N) is 8. The lowest BCUT2D eigenvalue weighted by Gasteiger charge is -1.98. The van der Waals surface area contributed by atoms with E-state index in [0.717, 1.165) is 48.5 Å². The minimum atomic E-state index is -0.995. The average molecular weight is 1010 g/mol. The maximum Gasteiger partial charge on any atom is 0.348 e. The number of nitro groups is 8. The number of nitrogens with zero attached hydrogens (tertiary/aromatic N) is 8. The van der Waals surface area contributed by atoms with Crippen LogP contribution in [0.4, 0.5) is 45.5 Å². The summed E-state index contributed by atoms with van der Waals surface area (Å²) in [5, 5.41) is 85.3. The molecule has 40 heteroatoms. The third-order valence-corrected chi connectivity index (χ3v) is 8.84. The Morgan fingerprint density at radius 1 is 0.208 bits per heavy atom. The van der Waals surface area contributed by atoms with Crippen LogP contribution >= 0.6 is 0 Å². The zero-order valence-corrected chi connectivity index (χ0v) is 34.0. The zero-order chi connectivity index (χ0) is 53.8. The molecular formula is C32H16N16O24. The Morgan fingerprint density at radius 2 is 0.292 bits per heavy atom. The predicted octanol–water partition coefficient (Wildman–Crippen LogP) is 0.131. The molecule has 40 nitrogen and oxygen atoms in total. The van der Waals surface area contributed by atoms with Gasteiger partial charge in [0.15, 0.2) is 0 Å². The number of aromatic amines is 8. The Balaban J connectivity index is 0.000000178. The molecule has 0 spiro atoms. The second-order valence-corrected chi connectivity index (χ2v) is 13.2. The molecule has 4 aromatic heterocycles. The number of H-pyrrole nitrogens is 8. The van der Waals surface area contributed by atoms with E-state index in [1.807, 2.05) is 0 Å². The molecule has 8 rings (SSSR count). The summed E-state index contributed by atoms with van der Waals surface area (Å²) in [5.74, 6) is 0. The van der Waals surface area contributed by atoms with Crippen molar-refractivity contribution in [2.24, 2.45) is 0 Å². The van der Waals surface area contributed by atoms with Gasteiger partial charge in [-0.15, -0.1) is 0 Å². The van der Waals surface area contributed by atoms with Crippen molar-refractivity contribution >= 4 is 89.6 Å². The summed E-state index contributed by atoms with van der Waals surface area (Å²) in [6.07, 6.45) is 0. The molecule has 4 aromatic carbocycles. The van der Waals surface area contributed by atoms with E-state index in [0.29, 0.717) is 0 Å². The molecule has 0 unspecified atom stereocenters. The first kappa shape index (κ1) is 50.8. The third kappa shape index (κ3) is 10.8. The Labute approximate surface area is 381 Å². The van der Waals surface area contributed by atoms with Crippen LogP contribution in [0.15, 0.2) is 86.9 Å². The van der Waals surface area contributed by atoms with Crippen molar-refractivity contribution in [3.05, 3.63) is 212 Å². The molecule has 0 saturated heterocycles. The molecule has 4 heterocycles. The van der Waals surface area contributed by atoms with E-state index in [9.17, 15) is 119 Å². The third-order valence-electron chi connectivity index (χ3n) is 8.84. The number of benzene rings is 4. The SMILES string of the molecule is O=c1[nH]c2cc([N+](=O)[O-])c([N+](=O)[O-])cc2[nH]c1=O.O=c1[nH]c2cc([N+](=O)[O-])c([N+](=O)[O-])cc2[nH]c1=O.O=c1[nH]c2cc([N+](=O)[O-])c([N+](=O)[O-])cc2[nH]c1=O.O=c1[nH]c2cc([N+](=O)[O-])c([N+](=O)[O-])cc2[nH]c1=O. The first-order valence-electron chi connectivity index (χ1n) is 18.0. The highest BCUT2D eigenvalue weighted by atomic mass is 16.7. The second kappa shape index (κ2) is 19.7. The molecule has 368 valence electrons. The van der Waals surface area contributed by atoms with E-state index in [-0.39, 0.29) is 44.1 Å². The van der Waals surface area contributed by atoms with Gasteiger partial charge in [0.2, 0.25) is 0 Å². The zero-order valence-electron chi connectivity index (χ0n) is 34.0. The van der Waals surface area contributed by atoms with Crippen molar-refractivity contribution in [1.29, 1.82) is 0 Å². The van der Waals surface area contributed by atoms with E-state index in [1.165, 1.54) is 0 Å². The highest BCUT2D eigenvalue weighted by Gasteiger charge is 2.29. The molecule has 72 heavy (non-hydrogen) atoms. The van der Waals surface area contributed by atoms with Crippen molar-refractivity contribution in [3.63, 3.8) is 0 Å². The van der Waals surface area contributed by atoms with Gasteiger partial charge in [0.05, 0.1) is 83.5 Å². The Bertz CT molecular complexity index is 3430. The van der Waals surface area contributed by atoms with Crippen molar-refractivity contribution in [3.8, 4) is 0 Å². The fourth-order valence-corrected chi connectivity index (χ4v) is 5.74. The predicted molar refractivity (Wildman–Crippen MR) is 234 cm³/mol. The monoisotopic (exact) mass is 1010 g/mol. The molecule has 0 amide bonds. The van der Waals surface area contributed by atoms with Crippen LogP contribution in [0.25, 0.3) is 44.1 Å². The minimum Gasteiger partial charge on any atom is -0.316 e. The van der Waals surface area contributed by atoms with Crippen LogP contribution in [0.5, 0.6) is 0 Å². The van der Waals surface area contributed by atoms with E-state index in [1.54, 1.807) is 0 Å². The van der Waals surface area contributed by atoms with Gasteiger partial charge in [-0.05, 0) is 0 Å². The first-order valence-corrected chi connectivity index (χ1v) is 18.0. The summed E-state index contributed by atoms with van der Waals surface area (Å²) in [6, 6.07) is 6.59. The summed E-state index contributed by atoms with van der Waals surface area (Å²) in [5.41, 5.74) is -14.6. The van der Waals surface area contributed by atoms with E-state index in [2.05, 4.69) is 39.9 Å². The lowest BCUT2D eigenvalue weighted by molar-refractivity contribution is -0.422. The van der Waals surface area contributed by atoms with Crippen LogP contribution in [0, 0.1) is 80.9 Å². The molecule has 0 atom stereocenters. The molecule has 0 radical (unpaired) electrons. The normalized spacial score (nSPS) is 10.4. The molecule has 0 saturated carbocycles. The quantitative estimate of drug-likeness (QED) is 0.0570. The smallest absolute Gasteiger partial charge is 0.316 e. The molecule has 8 aromatic rings.